The second kappa shape index (κ2) is 7.34. The Balaban J connectivity index is 0.00000127. The molecule has 1 heterocycles. The van der Waals surface area contributed by atoms with E-state index in [1.54, 1.807) is 19.9 Å². The van der Waals surface area contributed by atoms with Gasteiger partial charge in [-0.25, -0.2) is 8.42 Å². The van der Waals surface area contributed by atoms with E-state index in [-0.39, 0.29) is 5.92 Å². The van der Waals surface area contributed by atoms with Gasteiger partial charge in [0, 0.05) is 6.54 Å². The lowest BCUT2D eigenvalue weighted by Crippen LogP contribution is -2.41. The van der Waals surface area contributed by atoms with Crippen LogP contribution in [0.2, 0.25) is 0 Å². The second-order valence-electron chi connectivity index (χ2n) is 6.39. The van der Waals surface area contributed by atoms with Gasteiger partial charge in [-0.1, -0.05) is 32.0 Å². The molecule has 0 fully saturated rings. The van der Waals surface area contributed by atoms with Crippen molar-refractivity contribution in [2.75, 3.05) is 17.1 Å². The van der Waals surface area contributed by atoms with Gasteiger partial charge >= 0.3 is 5.97 Å². The fourth-order valence-corrected chi connectivity index (χ4v) is 3.91. The van der Waals surface area contributed by atoms with Gasteiger partial charge in [0.1, 0.15) is 0 Å². The number of nitrogens with zero attached hydrogens (tertiary/aromatic N) is 1. The summed E-state index contributed by atoms with van der Waals surface area (Å²) in [7, 11) is -3.36. The van der Waals surface area contributed by atoms with Crippen molar-refractivity contribution in [3.8, 4) is 0 Å². The third-order valence-electron chi connectivity index (χ3n) is 3.97. The number of carboxylic acid groups (broad SMARTS) is 1. The van der Waals surface area contributed by atoms with Crippen LogP contribution in [0.4, 0.5) is 5.69 Å². The van der Waals surface area contributed by atoms with Crippen molar-refractivity contribution >= 4 is 21.7 Å². The third-order valence-corrected chi connectivity index (χ3v) is 5.12. The first-order valence-corrected chi connectivity index (χ1v) is 9.75. The maximum atomic E-state index is 12.0. The van der Waals surface area contributed by atoms with E-state index >= 15 is 0 Å². The Morgan fingerprint density at radius 2 is 1.87 bits per heavy atom. The minimum absolute atomic E-state index is 0.000671. The summed E-state index contributed by atoms with van der Waals surface area (Å²) in [5.41, 5.74) is 0.810. The largest absolute Gasteiger partial charge is 0.481 e. The third kappa shape index (κ3) is 4.70. The van der Waals surface area contributed by atoms with Crippen molar-refractivity contribution < 1.29 is 18.3 Å². The van der Waals surface area contributed by atoms with E-state index in [0.717, 1.165) is 5.56 Å². The van der Waals surface area contributed by atoms with Gasteiger partial charge in [0.05, 0.1) is 17.4 Å². The first-order valence-electron chi connectivity index (χ1n) is 7.90. The molecule has 0 unspecified atom stereocenters. The van der Waals surface area contributed by atoms with Gasteiger partial charge in [-0.3, -0.25) is 9.10 Å². The van der Waals surface area contributed by atoms with E-state index in [2.05, 4.69) is 0 Å². The van der Waals surface area contributed by atoms with Gasteiger partial charge in [0.15, 0.2) is 0 Å². The monoisotopic (exact) mass is 341 g/mol. The first-order chi connectivity index (χ1) is 10.6. The molecule has 0 radical (unpaired) electrons. The molecule has 0 aliphatic carbocycles. The highest BCUT2D eigenvalue weighted by molar-refractivity contribution is 7.92. The molecule has 2 rings (SSSR count). The van der Waals surface area contributed by atoms with E-state index in [0.29, 0.717) is 25.1 Å². The molecule has 0 aromatic heterocycles. The Morgan fingerprint density at radius 1 is 1.30 bits per heavy atom. The van der Waals surface area contributed by atoms with Crippen LogP contribution in [0, 0.1) is 11.3 Å². The fraction of sp³-hybridized carbons (Fsp3) is 0.588. The molecule has 0 bridgehead atoms. The number of hydrogen-bond acceptors (Lipinski definition) is 3. The standard InChI is InChI=1S/C15H21NO4S.C2H6/c1-15(2,14(17)18)9-11-8-12-6-4-5-7-13(12)16(10-11)21(3,19)20;1-2/h4-7,11H,8-10H2,1-3H3,(H,17,18);1-2H3/t11-;/m0./s1. The molecule has 1 atom stereocenters. The molecule has 1 aromatic rings. The number of sulfonamides is 1. The van der Waals surface area contributed by atoms with Crippen LogP contribution in [0.1, 0.15) is 39.7 Å². The van der Waals surface area contributed by atoms with Crippen LogP contribution in [0.15, 0.2) is 24.3 Å². The van der Waals surface area contributed by atoms with E-state index in [1.165, 1.54) is 10.6 Å². The van der Waals surface area contributed by atoms with Crippen LogP contribution in [0.25, 0.3) is 0 Å². The molecule has 0 amide bonds. The lowest BCUT2D eigenvalue weighted by molar-refractivity contribution is -0.147. The zero-order chi connectivity index (χ0) is 17.8. The number of benzene rings is 1. The van der Waals surface area contributed by atoms with Gasteiger partial charge in [-0.2, -0.15) is 0 Å². The summed E-state index contributed by atoms with van der Waals surface area (Å²) in [6.07, 6.45) is 2.34. The number of anilines is 1. The molecular formula is C17H27NO4S. The second-order valence-corrected chi connectivity index (χ2v) is 8.29. The molecule has 23 heavy (non-hydrogen) atoms. The molecular weight excluding hydrogens is 314 g/mol. The van der Waals surface area contributed by atoms with Crippen molar-refractivity contribution in [2.45, 2.75) is 40.5 Å². The van der Waals surface area contributed by atoms with Crippen LogP contribution < -0.4 is 4.31 Å². The molecule has 1 aromatic carbocycles. The van der Waals surface area contributed by atoms with Crippen LogP contribution in [0.5, 0.6) is 0 Å². The van der Waals surface area contributed by atoms with Gasteiger partial charge in [0.25, 0.3) is 0 Å². The van der Waals surface area contributed by atoms with E-state index < -0.39 is 21.4 Å². The van der Waals surface area contributed by atoms with Crippen LogP contribution in [-0.2, 0) is 21.2 Å². The fourth-order valence-electron chi connectivity index (χ4n) is 2.89. The zero-order valence-electron chi connectivity index (χ0n) is 14.5. The van der Waals surface area contributed by atoms with Gasteiger partial charge in [-0.15, -0.1) is 0 Å². The van der Waals surface area contributed by atoms with E-state index in [9.17, 15) is 18.3 Å². The van der Waals surface area contributed by atoms with Gasteiger partial charge in [-0.05, 0) is 44.2 Å². The maximum absolute atomic E-state index is 12.0. The molecule has 0 spiro atoms. The molecule has 6 heteroatoms. The molecule has 130 valence electrons. The molecule has 5 nitrogen and oxygen atoms in total. The topological polar surface area (TPSA) is 74.7 Å². The minimum Gasteiger partial charge on any atom is -0.481 e. The molecule has 1 aliphatic rings. The Kier molecular flexibility index (Phi) is 6.22. The number of hydrogen-bond donors (Lipinski definition) is 1. The zero-order valence-corrected chi connectivity index (χ0v) is 15.4. The van der Waals surface area contributed by atoms with E-state index in [4.69, 9.17) is 0 Å². The Bertz CT molecular complexity index is 652. The van der Waals surface area contributed by atoms with Crippen LogP contribution >= 0.6 is 0 Å². The van der Waals surface area contributed by atoms with E-state index in [1.807, 2.05) is 32.0 Å². The highest BCUT2D eigenvalue weighted by Gasteiger charge is 2.36. The SMILES string of the molecule is CC.CC(C)(C[C@@H]1Cc2ccccc2N(S(C)(=O)=O)C1)C(=O)O. The normalized spacial score (nSPS) is 17.8. The predicted octanol–water partition coefficient (Wildman–Crippen LogP) is 3.15. The lowest BCUT2D eigenvalue weighted by atomic mass is 9.79. The Morgan fingerprint density at radius 3 is 2.39 bits per heavy atom. The van der Waals surface area contributed by atoms with Crippen molar-refractivity contribution in [2.24, 2.45) is 11.3 Å². The summed E-state index contributed by atoms with van der Waals surface area (Å²) < 4.78 is 25.4. The smallest absolute Gasteiger partial charge is 0.309 e. The molecule has 1 aliphatic heterocycles. The average Bonchev–Trinajstić information content (AvgIpc) is 2.47. The number of carbonyl (C=O) groups is 1. The van der Waals surface area contributed by atoms with Crippen molar-refractivity contribution in [3.63, 3.8) is 0 Å². The van der Waals surface area contributed by atoms with Gasteiger partial charge in [0.2, 0.25) is 10.0 Å². The molecule has 0 saturated carbocycles. The van der Waals surface area contributed by atoms with Crippen LogP contribution in [0.3, 0.4) is 0 Å². The highest BCUT2D eigenvalue weighted by Crippen LogP contribution is 2.36. The summed E-state index contributed by atoms with van der Waals surface area (Å²) in [5.74, 6) is -0.854. The first kappa shape index (κ1) is 19.5. The van der Waals surface area contributed by atoms with Crippen molar-refractivity contribution in [1.29, 1.82) is 0 Å². The predicted molar refractivity (Wildman–Crippen MR) is 93.2 cm³/mol. The Labute approximate surface area is 139 Å². The number of rotatable bonds is 4. The highest BCUT2D eigenvalue weighted by atomic mass is 32.2. The van der Waals surface area contributed by atoms with Crippen molar-refractivity contribution in [3.05, 3.63) is 29.8 Å². The van der Waals surface area contributed by atoms with Crippen LogP contribution in [-0.4, -0.2) is 32.3 Å². The quantitative estimate of drug-likeness (QED) is 0.913. The molecule has 1 N–H and O–H groups in total. The summed E-state index contributed by atoms with van der Waals surface area (Å²) >= 11 is 0. The average molecular weight is 341 g/mol. The Hall–Kier alpha value is -1.56. The summed E-state index contributed by atoms with van der Waals surface area (Å²) in [6, 6.07) is 7.41. The summed E-state index contributed by atoms with van der Waals surface area (Å²) in [6.45, 7) is 7.70. The minimum atomic E-state index is -3.36. The number of carboxylic acids is 1. The van der Waals surface area contributed by atoms with Gasteiger partial charge < -0.3 is 5.11 Å². The number of fused-ring (bicyclic) bond motifs is 1. The summed E-state index contributed by atoms with van der Waals surface area (Å²) in [5, 5.41) is 9.26. The van der Waals surface area contributed by atoms with Crippen molar-refractivity contribution in [1.82, 2.24) is 0 Å². The lowest BCUT2D eigenvalue weighted by Gasteiger charge is -2.36. The maximum Gasteiger partial charge on any atom is 0.309 e. The number of aliphatic carboxylic acids is 1. The summed E-state index contributed by atoms with van der Waals surface area (Å²) in [4.78, 5) is 11.3. The molecule has 0 saturated heterocycles. The number of para-hydroxylation sites is 1.